The molecule has 0 unspecified atom stereocenters. The SMILES string of the molecule is Cc1cc(Br)ccc1CN1CC[C@H](O)C1. The predicted molar refractivity (Wildman–Crippen MR) is 64.8 cm³/mol. The Morgan fingerprint density at radius 1 is 1.53 bits per heavy atom. The second kappa shape index (κ2) is 4.64. The van der Waals surface area contributed by atoms with Crippen LogP contribution >= 0.6 is 15.9 Å². The first-order valence-corrected chi connectivity index (χ1v) is 6.10. The van der Waals surface area contributed by atoms with Crippen LogP contribution in [0, 0.1) is 6.92 Å². The third-order valence-electron chi connectivity index (χ3n) is 2.95. The molecule has 0 bridgehead atoms. The van der Waals surface area contributed by atoms with E-state index in [1.54, 1.807) is 0 Å². The van der Waals surface area contributed by atoms with Crippen molar-refractivity contribution in [2.75, 3.05) is 13.1 Å². The summed E-state index contributed by atoms with van der Waals surface area (Å²) in [7, 11) is 0. The number of benzene rings is 1. The van der Waals surface area contributed by atoms with E-state index in [9.17, 15) is 5.11 Å². The van der Waals surface area contributed by atoms with Crippen LogP contribution in [0.25, 0.3) is 0 Å². The molecule has 1 aromatic carbocycles. The molecule has 1 aliphatic rings. The van der Waals surface area contributed by atoms with Crippen molar-refractivity contribution in [1.82, 2.24) is 4.90 Å². The number of likely N-dealkylation sites (tertiary alicyclic amines) is 1. The Morgan fingerprint density at radius 3 is 2.93 bits per heavy atom. The quantitative estimate of drug-likeness (QED) is 0.891. The van der Waals surface area contributed by atoms with Crippen LogP contribution in [0.1, 0.15) is 17.5 Å². The summed E-state index contributed by atoms with van der Waals surface area (Å²) in [4.78, 5) is 2.31. The number of hydrogen-bond donors (Lipinski definition) is 1. The van der Waals surface area contributed by atoms with Gasteiger partial charge in [0.15, 0.2) is 0 Å². The van der Waals surface area contributed by atoms with Gasteiger partial charge in [0.05, 0.1) is 6.10 Å². The first kappa shape index (κ1) is 11.1. The summed E-state index contributed by atoms with van der Waals surface area (Å²) < 4.78 is 1.13. The van der Waals surface area contributed by atoms with Crippen molar-refractivity contribution >= 4 is 15.9 Å². The molecule has 1 N–H and O–H groups in total. The summed E-state index contributed by atoms with van der Waals surface area (Å²) in [5, 5.41) is 9.44. The summed E-state index contributed by atoms with van der Waals surface area (Å²) in [6.07, 6.45) is 0.788. The van der Waals surface area contributed by atoms with Gasteiger partial charge in [0.25, 0.3) is 0 Å². The molecular formula is C12H16BrNO. The van der Waals surface area contributed by atoms with E-state index in [0.717, 1.165) is 30.5 Å². The van der Waals surface area contributed by atoms with Crippen LogP contribution in [0.4, 0.5) is 0 Å². The number of aliphatic hydroxyl groups is 1. The van der Waals surface area contributed by atoms with E-state index in [4.69, 9.17) is 0 Å². The molecule has 0 aliphatic carbocycles. The van der Waals surface area contributed by atoms with Gasteiger partial charge in [-0.25, -0.2) is 0 Å². The lowest BCUT2D eigenvalue weighted by Crippen LogP contribution is -2.21. The molecule has 0 saturated carbocycles. The van der Waals surface area contributed by atoms with E-state index in [2.05, 4.69) is 46.0 Å². The summed E-state index contributed by atoms with van der Waals surface area (Å²) >= 11 is 3.46. The van der Waals surface area contributed by atoms with Gasteiger partial charge in [-0.05, 0) is 36.6 Å². The molecule has 1 saturated heterocycles. The molecule has 0 radical (unpaired) electrons. The van der Waals surface area contributed by atoms with Gasteiger partial charge < -0.3 is 5.11 Å². The van der Waals surface area contributed by atoms with Crippen molar-refractivity contribution in [1.29, 1.82) is 0 Å². The Kier molecular flexibility index (Phi) is 3.44. The average Bonchev–Trinajstić information content (AvgIpc) is 2.56. The zero-order valence-electron chi connectivity index (χ0n) is 8.91. The lowest BCUT2D eigenvalue weighted by Gasteiger charge is -2.16. The van der Waals surface area contributed by atoms with Crippen LogP contribution in [0.5, 0.6) is 0 Å². The van der Waals surface area contributed by atoms with E-state index in [0.29, 0.717) is 0 Å². The number of β-amino-alcohol motifs (C(OH)–C–C–N with tert-alkyl or cyclic N) is 1. The van der Waals surface area contributed by atoms with Crippen molar-refractivity contribution < 1.29 is 5.11 Å². The van der Waals surface area contributed by atoms with Crippen LogP contribution in [0.2, 0.25) is 0 Å². The number of hydrogen-bond acceptors (Lipinski definition) is 2. The molecule has 0 aromatic heterocycles. The monoisotopic (exact) mass is 269 g/mol. The molecule has 3 heteroatoms. The fourth-order valence-electron chi connectivity index (χ4n) is 2.03. The number of aliphatic hydroxyl groups excluding tert-OH is 1. The Hall–Kier alpha value is -0.380. The topological polar surface area (TPSA) is 23.5 Å². The highest BCUT2D eigenvalue weighted by molar-refractivity contribution is 9.10. The second-order valence-electron chi connectivity index (χ2n) is 4.25. The lowest BCUT2D eigenvalue weighted by molar-refractivity contribution is 0.174. The minimum atomic E-state index is -0.124. The lowest BCUT2D eigenvalue weighted by atomic mass is 10.1. The van der Waals surface area contributed by atoms with Gasteiger partial charge in [-0.1, -0.05) is 22.0 Å². The summed E-state index contributed by atoms with van der Waals surface area (Å²) in [6.45, 7) is 4.91. The molecular weight excluding hydrogens is 254 g/mol. The minimum Gasteiger partial charge on any atom is -0.392 e. The van der Waals surface area contributed by atoms with Crippen molar-refractivity contribution in [2.24, 2.45) is 0 Å². The molecule has 2 rings (SSSR count). The zero-order chi connectivity index (χ0) is 10.8. The fourth-order valence-corrected chi connectivity index (χ4v) is 2.51. The van der Waals surface area contributed by atoms with Gasteiger partial charge in [-0.3, -0.25) is 4.90 Å². The van der Waals surface area contributed by atoms with Gasteiger partial charge in [-0.2, -0.15) is 0 Å². The van der Waals surface area contributed by atoms with E-state index in [-0.39, 0.29) is 6.10 Å². The molecule has 1 aromatic rings. The number of nitrogens with zero attached hydrogens (tertiary/aromatic N) is 1. The van der Waals surface area contributed by atoms with Gasteiger partial charge >= 0.3 is 0 Å². The van der Waals surface area contributed by atoms with Crippen molar-refractivity contribution in [3.05, 3.63) is 33.8 Å². The third-order valence-corrected chi connectivity index (χ3v) is 3.44. The summed E-state index contributed by atoms with van der Waals surface area (Å²) in [6, 6.07) is 6.38. The van der Waals surface area contributed by atoms with Gasteiger partial charge in [0.2, 0.25) is 0 Å². The standard InChI is InChI=1S/C12H16BrNO/c1-9-6-11(13)3-2-10(9)7-14-5-4-12(15)8-14/h2-3,6,12,15H,4-5,7-8H2,1H3/t12-/m0/s1. The number of rotatable bonds is 2. The Morgan fingerprint density at radius 2 is 2.33 bits per heavy atom. The van der Waals surface area contributed by atoms with Gasteiger partial charge in [0, 0.05) is 24.1 Å². The van der Waals surface area contributed by atoms with Crippen LogP contribution in [0.15, 0.2) is 22.7 Å². The van der Waals surface area contributed by atoms with E-state index < -0.39 is 0 Å². The van der Waals surface area contributed by atoms with Crippen LogP contribution in [0.3, 0.4) is 0 Å². The number of halogens is 1. The second-order valence-corrected chi connectivity index (χ2v) is 5.16. The smallest absolute Gasteiger partial charge is 0.0679 e. The highest BCUT2D eigenvalue weighted by Gasteiger charge is 2.20. The van der Waals surface area contributed by atoms with Crippen molar-refractivity contribution in [3.8, 4) is 0 Å². The Labute approximate surface area is 99.0 Å². The number of aryl methyl sites for hydroxylation is 1. The van der Waals surface area contributed by atoms with E-state index in [1.807, 2.05) is 0 Å². The maximum Gasteiger partial charge on any atom is 0.0679 e. The minimum absolute atomic E-state index is 0.124. The van der Waals surface area contributed by atoms with Gasteiger partial charge in [-0.15, -0.1) is 0 Å². The molecule has 2 nitrogen and oxygen atoms in total. The van der Waals surface area contributed by atoms with E-state index >= 15 is 0 Å². The molecule has 1 atom stereocenters. The van der Waals surface area contributed by atoms with E-state index in [1.165, 1.54) is 11.1 Å². The molecule has 1 fully saturated rings. The molecule has 82 valence electrons. The van der Waals surface area contributed by atoms with Crippen LogP contribution in [-0.4, -0.2) is 29.2 Å². The predicted octanol–water partition coefficient (Wildman–Crippen LogP) is 2.32. The Bertz CT molecular complexity index is 353. The molecule has 0 amide bonds. The van der Waals surface area contributed by atoms with Crippen LogP contribution in [-0.2, 0) is 6.54 Å². The molecule has 1 aliphatic heterocycles. The summed E-state index contributed by atoms with van der Waals surface area (Å²) in [5.74, 6) is 0. The van der Waals surface area contributed by atoms with Crippen LogP contribution < -0.4 is 0 Å². The first-order chi connectivity index (χ1) is 7.15. The maximum atomic E-state index is 9.44. The van der Waals surface area contributed by atoms with Gasteiger partial charge in [0.1, 0.15) is 0 Å². The third kappa shape index (κ3) is 2.80. The summed E-state index contributed by atoms with van der Waals surface area (Å²) in [5.41, 5.74) is 2.66. The van der Waals surface area contributed by atoms with Crippen molar-refractivity contribution in [3.63, 3.8) is 0 Å². The largest absolute Gasteiger partial charge is 0.392 e. The maximum absolute atomic E-state index is 9.44. The Balaban J connectivity index is 2.04. The first-order valence-electron chi connectivity index (χ1n) is 5.30. The molecule has 0 spiro atoms. The fraction of sp³-hybridized carbons (Fsp3) is 0.500. The zero-order valence-corrected chi connectivity index (χ0v) is 10.5. The molecule has 1 heterocycles. The highest BCUT2D eigenvalue weighted by atomic mass is 79.9. The molecule has 15 heavy (non-hydrogen) atoms. The average molecular weight is 270 g/mol. The normalized spacial score (nSPS) is 22.2. The van der Waals surface area contributed by atoms with Crippen molar-refractivity contribution in [2.45, 2.75) is 26.0 Å². The highest BCUT2D eigenvalue weighted by Crippen LogP contribution is 2.19.